The zero-order valence-electron chi connectivity index (χ0n) is 11.1. The van der Waals surface area contributed by atoms with Crippen molar-refractivity contribution in [3.63, 3.8) is 0 Å². The molecule has 0 saturated heterocycles. The fourth-order valence-corrected chi connectivity index (χ4v) is 1.85. The molecule has 108 valence electrons. The summed E-state index contributed by atoms with van der Waals surface area (Å²) in [7, 11) is 1.48. The number of pyridine rings is 1. The lowest BCUT2D eigenvalue weighted by Gasteiger charge is -2.20. The second-order valence-electron chi connectivity index (χ2n) is 4.34. The molecule has 7 heteroatoms. The summed E-state index contributed by atoms with van der Waals surface area (Å²) in [6.07, 6.45) is 2.55. The first-order chi connectivity index (χ1) is 9.91. The largest absolute Gasteiger partial charge is 0.505 e. The van der Waals surface area contributed by atoms with Crippen molar-refractivity contribution >= 4 is 23.3 Å². The molecule has 0 spiro atoms. The van der Waals surface area contributed by atoms with Crippen molar-refractivity contribution in [2.75, 3.05) is 17.7 Å². The highest BCUT2D eigenvalue weighted by molar-refractivity contribution is 6.09. The van der Waals surface area contributed by atoms with Crippen molar-refractivity contribution in [1.82, 2.24) is 4.98 Å². The molecule has 1 amide bonds. The number of hydrogen-bond acceptors (Lipinski definition) is 5. The lowest BCUT2D eigenvalue weighted by atomic mass is 10.1. The van der Waals surface area contributed by atoms with Gasteiger partial charge >= 0.3 is 5.97 Å². The predicted octanol–water partition coefficient (Wildman–Crippen LogP) is 1.34. The zero-order chi connectivity index (χ0) is 15.6. The number of anilines is 2. The van der Waals surface area contributed by atoms with Crippen LogP contribution in [0.5, 0.6) is 5.75 Å². The Labute approximate surface area is 120 Å². The van der Waals surface area contributed by atoms with Crippen LogP contribution in [0, 0.1) is 0 Å². The number of carboxylic acid groups (broad SMARTS) is 1. The summed E-state index contributed by atoms with van der Waals surface area (Å²) in [6.45, 7) is 0. The van der Waals surface area contributed by atoms with Gasteiger partial charge in [-0.25, -0.2) is 4.79 Å². The van der Waals surface area contributed by atoms with Crippen LogP contribution < -0.4 is 10.6 Å². The Morgan fingerprint density at radius 1 is 1.29 bits per heavy atom. The topological polar surface area (TPSA) is 117 Å². The number of rotatable bonds is 3. The maximum Gasteiger partial charge on any atom is 0.335 e. The third kappa shape index (κ3) is 2.76. The quantitative estimate of drug-likeness (QED) is 0.733. The van der Waals surface area contributed by atoms with Crippen molar-refractivity contribution in [2.45, 2.75) is 0 Å². The van der Waals surface area contributed by atoms with E-state index in [1.165, 1.54) is 42.4 Å². The van der Waals surface area contributed by atoms with Crippen molar-refractivity contribution < 1.29 is 19.8 Å². The summed E-state index contributed by atoms with van der Waals surface area (Å²) in [4.78, 5) is 28.1. The first-order valence-corrected chi connectivity index (χ1v) is 5.95. The molecule has 1 aromatic carbocycles. The summed E-state index contributed by atoms with van der Waals surface area (Å²) in [5.74, 6) is -1.83. The molecule has 0 aliphatic rings. The number of amides is 1. The van der Waals surface area contributed by atoms with Gasteiger partial charge in [0, 0.05) is 13.2 Å². The molecule has 2 aromatic rings. The van der Waals surface area contributed by atoms with Crippen LogP contribution in [-0.2, 0) is 0 Å². The molecule has 0 radical (unpaired) electrons. The number of carboxylic acids is 1. The highest BCUT2D eigenvalue weighted by atomic mass is 16.4. The Bertz CT molecular complexity index is 715. The smallest absolute Gasteiger partial charge is 0.335 e. The third-order valence-corrected chi connectivity index (χ3v) is 2.97. The number of carbonyl (C=O) groups is 2. The van der Waals surface area contributed by atoms with Crippen LogP contribution in [-0.4, -0.2) is 34.1 Å². The van der Waals surface area contributed by atoms with E-state index in [0.717, 1.165) is 6.20 Å². The molecule has 0 bridgehead atoms. The van der Waals surface area contributed by atoms with Crippen molar-refractivity contribution in [2.24, 2.45) is 0 Å². The Kier molecular flexibility index (Phi) is 3.75. The van der Waals surface area contributed by atoms with Gasteiger partial charge in [-0.15, -0.1) is 0 Å². The van der Waals surface area contributed by atoms with E-state index in [1.54, 1.807) is 0 Å². The van der Waals surface area contributed by atoms with Gasteiger partial charge in [0.15, 0.2) is 0 Å². The highest BCUT2D eigenvalue weighted by Crippen LogP contribution is 2.26. The van der Waals surface area contributed by atoms with Crippen molar-refractivity contribution in [1.29, 1.82) is 0 Å². The number of benzene rings is 1. The second-order valence-corrected chi connectivity index (χ2v) is 4.34. The van der Waals surface area contributed by atoms with Gasteiger partial charge < -0.3 is 20.8 Å². The van der Waals surface area contributed by atoms with Gasteiger partial charge in [0.2, 0.25) is 0 Å². The number of aromatic nitrogens is 1. The average molecular weight is 287 g/mol. The van der Waals surface area contributed by atoms with Crippen LogP contribution >= 0.6 is 0 Å². The molecule has 21 heavy (non-hydrogen) atoms. The molecular formula is C14H13N3O4. The maximum absolute atomic E-state index is 12.3. The second kappa shape index (κ2) is 5.49. The third-order valence-electron chi connectivity index (χ3n) is 2.97. The van der Waals surface area contributed by atoms with Crippen molar-refractivity contribution in [3.8, 4) is 5.75 Å². The van der Waals surface area contributed by atoms with Crippen LogP contribution in [0.15, 0.2) is 36.7 Å². The summed E-state index contributed by atoms with van der Waals surface area (Å²) in [5.41, 5.74) is 6.39. The zero-order valence-corrected chi connectivity index (χ0v) is 11.1. The SMILES string of the molecule is CN(C(=O)c1ccncc1O)c1ccc(C(=O)O)cc1N. The molecule has 1 aromatic heterocycles. The van der Waals surface area contributed by atoms with Crippen LogP contribution in [0.4, 0.5) is 11.4 Å². The van der Waals surface area contributed by atoms with Gasteiger partial charge in [-0.3, -0.25) is 9.78 Å². The normalized spacial score (nSPS) is 10.1. The van der Waals surface area contributed by atoms with Crippen LogP contribution in [0.25, 0.3) is 0 Å². The standard InChI is InChI=1S/C14H13N3O4/c1-17(13(19)9-4-5-16-7-12(9)18)11-3-2-8(14(20)21)6-10(11)15/h2-7,18H,15H2,1H3,(H,20,21). The van der Waals surface area contributed by atoms with E-state index in [-0.39, 0.29) is 22.6 Å². The van der Waals surface area contributed by atoms with E-state index in [2.05, 4.69) is 4.98 Å². The van der Waals surface area contributed by atoms with E-state index < -0.39 is 11.9 Å². The monoisotopic (exact) mass is 287 g/mol. The number of nitrogens with two attached hydrogens (primary N) is 1. The molecule has 0 unspecified atom stereocenters. The van der Waals surface area contributed by atoms with Crippen LogP contribution in [0.1, 0.15) is 20.7 Å². The molecule has 0 saturated carbocycles. The highest BCUT2D eigenvalue weighted by Gasteiger charge is 2.19. The minimum atomic E-state index is -1.10. The predicted molar refractivity (Wildman–Crippen MR) is 76.4 cm³/mol. The molecule has 0 aliphatic heterocycles. The van der Waals surface area contributed by atoms with Gasteiger partial charge in [-0.2, -0.15) is 0 Å². The van der Waals surface area contributed by atoms with Crippen molar-refractivity contribution in [3.05, 3.63) is 47.8 Å². The van der Waals surface area contributed by atoms with Gasteiger partial charge in [0.1, 0.15) is 5.75 Å². The van der Waals surface area contributed by atoms with Gasteiger partial charge in [-0.05, 0) is 24.3 Å². The summed E-state index contributed by atoms with van der Waals surface area (Å²) >= 11 is 0. The minimum Gasteiger partial charge on any atom is -0.505 e. The number of aromatic carboxylic acids is 1. The van der Waals surface area contributed by atoms with Gasteiger partial charge in [0.05, 0.1) is 28.7 Å². The van der Waals surface area contributed by atoms with E-state index in [1.807, 2.05) is 0 Å². The first kappa shape index (κ1) is 14.3. The van der Waals surface area contributed by atoms with Crippen LogP contribution in [0.2, 0.25) is 0 Å². The van der Waals surface area contributed by atoms with E-state index in [4.69, 9.17) is 10.8 Å². The summed E-state index contributed by atoms with van der Waals surface area (Å²) in [5, 5.41) is 18.5. The van der Waals surface area contributed by atoms with Crippen LogP contribution in [0.3, 0.4) is 0 Å². The fourth-order valence-electron chi connectivity index (χ4n) is 1.85. The Morgan fingerprint density at radius 3 is 2.57 bits per heavy atom. The Hall–Kier alpha value is -3.09. The molecule has 0 fully saturated rings. The van der Waals surface area contributed by atoms with E-state index in [0.29, 0.717) is 5.69 Å². The molecular weight excluding hydrogens is 274 g/mol. The number of hydrogen-bond donors (Lipinski definition) is 3. The lowest BCUT2D eigenvalue weighted by molar-refractivity contribution is 0.0696. The lowest BCUT2D eigenvalue weighted by Crippen LogP contribution is -2.27. The number of nitrogen functional groups attached to an aromatic ring is 1. The molecule has 0 aliphatic carbocycles. The van der Waals surface area contributed by atoms with E-state index in [9.17, 15) is 14.7 Å². The first-order valence-electron chi connectivity index (χ1n) is 5.95. The molecule has 7 nitrogen and oxygen atoms in total. The maximum atomic E-state index is 12.3. The number of carbonyl (C=O) groups excluding carboxylic acids is 1. The fraction of sp³-hybridized carbons (Fsp3) is 0.0714. The summed E-state index contributed by atoms with van der Waals surface area (Å²) in [6, 6.07) is 5.45. The Balaban J connectivity index is 2.36. The Morgan fingerprint density at radius 2 is 2.00 bits per heavy atom. The molecule has 0 atom stereocenters. The van der Waals surface area contributed by atoms with Gasteiger partial charge in [0.25, 0.3) is 5.91 Å². The molecule has 2 rings (SSSR count). The van der Waals surface area contributed by atoms with Gasteiger partial charge in [-0.1, -0.05) is 0 Å². The average Bonchev–Trinajstić information content (AvgIpc) is 2.46. The number of nitrogens with zero attached hydrogens (tertiary/aromatic N) is 2. The summed E-state index contributed by atoms with van der Waals surface area (Å²) < 4.78 is 0. The molecule has 1 heterocycles. The number of aromatic hydroxyl groups is 1. The minimum absolute atomic E-state index is 0.0313. The molecule has 4 N–H and O–H groups in total. The van der Waals surface area contributed by atoms with E-state index >= 15 is 0 Å².